The maximum Gasteiger partial charge on any atom is 0.160 e. The van der Waals surface area contributed by atoms with Crippen LogP contribution in [0.2, 0.25) is 0 Å². The Morgan fingerprint density at radius 2 is 1.91 bits per heavy atom. The molecule has 0 amide bonds. The highest BCUT2D eigenvalue weighted by Crippen LogP contribution is 2.27. The highest BCUT2D eigenvalue weighted by atomic mass is 16.5. The summed E-state index contributed by atoms with van der Waals surface area (Å²) in [4.78, 5) is 4.34. The van der Waals surface area contributed by atoms with Crippen molar-refractivity contribution < 1.29 is 9.47 Å². The van der Waals surface area contributed by atoms with Gasteiger partial charge in [0.05, 0.1) is 26.2 Å². The molecule has 0 fully saturated rings. The molecular weight excluding hydrogens is 290 g/mol. The predicted octanol–water partition coefficient (Wildman–Crippen LogP) is 2.74. The van der Waals surface area contributed by atoms with E-state index in [-0.39, 0.29) is 0 Å². The van der Waals surface area contributed by atoms with Gasteiger partial charge in [0.25, 0.3) is 0 Å². The first-order chi connectivity index (χ1) is 11.0. The molecule has 0 aliphatic carbocycles. The van der Waals surface area contributed by atoms with Crippen molar-refractivity contribution >= 4 is 0 Å². The fourth-order valence-electron chi connectivity index (χ4n) is 2.59. The molecule has 0 bridgehead atoms. The molecule has 1 aromatic heterocycles. The molecule has 5 heteroatoms. The van der Waals surface area contributed by atoms with Gasteiger partial charge in [-0.25, -0.2) is 4.98 Å². The first-order valence-electron chi connectivity index (χ1n) is 7.97. The number of benzene rings is 1. The summed E-state index contributed by atoms with van der Waals surface area (Å²) >= 11 is 0. The molecule has 126 valence electrons. The summed E-state index contributed by atoms with van der Waals surface area (Å²) in [5, 5.41) is 3.56. The number of hydrogen-bond acceptors (Lipinski definition) is 4. The van der Waals surface area contributed by atoms with Crippen molar-refractivity contribution in [2.45, 2.75) is 39.8 Å². The third kappa shape index (κ3) is 4.48. The van der Waals surface area contributed by atoms with Crippen LogP contribution in [0, 0.1) is 13.8 Å². The molecule has 5 nitrogen and oxygen atoms in total. The lowest BCUT2D eigenvalue weighted by molar-refractivity contribution is 0.354. The van der Waals surface area contributed by atoms with E-state index in [4.69, 9.17) is 9.47 Å². The summed E-state index contributed by atoms with van der Waals surface area (Å²) in [7, 11) is 3.32. The average molecular weight is 317 g/mol. The van der Waals surface area contributed by atoms with Gasteiger partial charge < -0.3 is 19.4 Å². The second-order valence-electron chi connectivity index (χ2n) is 5.86. The average Bonchev–Trinajstić information content (AvgIpc) is 2.86. The van der Waals surface area contributed by atoms with Crippen LogP contribution in [-0.4, -0.2) is 36.4 Å². The van der Waals surface area contributed by atoms with Crippen LogP contribution in [0.5, 0.6) is 11.5 Å². The highest BCUT2D eigenvalue weighted by molar-refractivity contribution is 5.42. The lowest BCUT2D eigenvalue weighted by Gasteiger charge is -2.16. The normalized spacial score (nSPS) is 12.2. The van der Waals surface area contributed by atoms with Gasteiger partial charge in [-0.05, 0) is 51.4 Å². The summed E-state index contributed by atoms with van der Waals surface area (Å²) in [5.74, 6) is 1.55. The molecule has 0 radical (unpaired) electrons. The second-order valence-corrected chi connectivity index (χ2v) is 5.86. The van der Waals surface area contributed by atoms with Crippen LogP contribution in [0.3, 0.4) is 0 Å². The Balaban J connectivity index is 1.83. The molecule has 0 saturated carbocycles. The minimum atomic E-state index is 0.391. The summed E-state index contributed by atoms with van der Waals surface area (Å²) < 4.78 is 12.8. The third-order valence-corrected chi connectivity index (χ3v) is 4.17. The number of ether oxygens (including phenoxy) is 2. The van der Waals surface area contributed by atoms with E-state index in [2.05, 4.69) is 34.8 Å². The van der Waals surface area contributed by atoms with Crippen LogP contribution in [-0.2, 0) is 13.0 Å². The Morgan fingerprint density at radius 3 is 2.52 bits per heavy atom. The summed E-state index contributed by atoms with van der Waals surface area (Å²) in [5.41, 5.74) is 3.57. The molecule has 0 spiro atoms. The molecule has 2 rings (SSSR count). The molecule has 2 aromatic rings. The minimum absolute atomic E-state index is 0.391. The summed E-state index contributed by atoms with van der Waals surface area (Å²) in [6.45, 7) is 8.20. The predicted molar refractivity (Wildman–Crippen MR) is 92.4 cm³/mol. The first kappa shape index (κ1) is 17.3. The Labute approximate surface area is 138 Å². The van der Waals surface area contributed by atoms with E-state index in [1.165, 1.54) is 11.3 Å². The van der Waals surface area contributed by atoms with Crippen LogP contribution >= 0.6 is 0 Å². The van der Waals surface area contributed by atoms with E-state index in [1.54, 1.807) is 14.2 Å². The second kappa shape index (κ2) is 8.02. The van der Waals surface area contributed by atoms with Gasteiger partial charge in [0.2, 0.25) is 0 Å². The monoisotopic (exact) mass is 317 g/mol. The zero-order valence-electron chi connectivity index (χ0n) is 14.7. The van der Waals surface area contributed by atoms with E-state index in [0.29, 0.717) is 6.04 Å². The van der Waals surface area contributed by atoms with Gasteiger partial charge in [-0.1, -0.05) is 6.07 Å². The highest BCUT2D eigenvalue weighted by Gasteiger charge is 2.08. The summed E-state index contributed by atoms with van der Waals surface area (Å²) in [6.07, 6.45) is 2.86. The Kier molecular flexibility index (Phi) is 6.04. The van der Waals surface area contributed by atoms with Crippen LogP contribution < -0.4 is 14.8 Å². The van der Waals surface area contributed by atoms with Crippen LogP contribution in [0.25, 0.3) is 0 Å². The van der Waals surface area contributed by atoms with Gasteiger partial charge in [-0.15, -0.1) is 0 Å². The number of aryl methyl sites for hydroxylation is 1. The minimum Gasteiger partial charge on any atom is -0.493 e. The maximum absolute atomic E-state index is 5.34. The largest absolute Gasteiger partial charge is 0.493 e. The number of methoxy groups -OCH3 is 2. The number of aromatic nitrogens is 2. The Bertz CT molecular complexity index is 637. The molecule has 1 heterocycles. The van der Waals surface area contributed by atoms with Crippen molar-refractivity contribution in [1.29, 1.82) is 0 Å². The van der Waals surface area contributed by atoms with Gasteiger partial charge in [0.1, 0.15) is 0 Å². The zero-order valence-corrected chi connectivity index (χ0v) is 14.7. The molecule has 0 saturated heterocycles. The van der Waals surface area contributed by atoms with Crippen LogP contribution in [0.15, 0.2) is 24.5 Å². The maximum atomic E-state index is 5.34. The van der Waals surface area contributed by atoms with E-state index < -0.39 is 0 Å². The third-order valence-electron chi connectivity index (χ3n) is 4.17. The van der Waals surface area contributed by atoms with Gasteiger partial charge in [0, 0.05) is 18.3 Å². The van der Waals surface area contributed by atoms with Gasteiger partial charge in [0.15, 0.2) is 11.5 Å². The van der Waals surface area contributed by atoms with E-state index in [9.17, 15) is 0 Å². The number of nitrogens with zero attached hydrogens (tertiary/aromatic N) is 2. The molecule has 0 unspecified atom stereocenters. The quantitative estimate of drug-likeness (QED) is 0.813. The Hall–Kier alpha value is -2.01. The van der Waals surface area contributed by atoms with Gasteiger partial charge in [-0.2, -0.15) is 0 Å². The molecule has 0 aliphatic rings. The van der Waals surface area contributed by atoms with Gasteiger partial charge >= 0.3 is 0 Å². The fraction of sp³-hybridized carbons (Fsp3) is 0.500. The molecule has 1 N–H and O–H groups in total. The lowest BCUT2D eigenvalue weighted by atomic mass is 10.1. The van der Waals surface area contributed by atoms with E-state index in [1.807, 2.05) is 25.4 Å². The lowest BCUT2D eigenvalue weighted by Crippen LogP contribution is -2.32. The van der Waals surface area contributed by atoms with Crippen molar-refractivity contribution in [3.05, 3.63) is 41.5 Å². The van der Waals surface area contributed by atoms with Crippen molar-refractivity contribution in [2.75, 3.05) is 20.8 Å². The molecule has 23 heavy (non-hydrogen) atoms. The standard InChI is InChI=1S/C18H27N3O2/c1-13(11-21-12-20-14(2)15(21)3)19-9-8-16-6-7-17(22-4)18(10-16)23-5/h6-7,10,12-13,19H,8-9,11H2,1-5H3/t13-/m1/s1. The number of imidazole rings is 1. The molecule has 1 aromatic carbocycles. The fourth-order valence-corrected chi connectivity index (χ4v) is 2.59. The summed E-state index contributed by atoms with van der Waals surface area (Å²) in [6, 6.07) is 6.46. The van der Waals surface area contributed by atoms with Crippen molar-refractivity contribution in [3.63, 3.8) is 0 Å². The van der Waals surface area contributed by atoms with E-state index in [0.717, 1.165) is 36.7 Å². The van der Waals surface area contributed by atoms with Gasteiger partial charge in [-0.3, -0.25) is 0 Å². The molecular formula is C18H27N3O2. The van der Waals surface area contributed by atoms with Crippen molar-refractivity contribution in [1.82, 2.24) is 14.9 Å². The van der Waals surface area contributed by atoms with Crippen molar-refractivity contribution in [3.8, 4) is 11.5 Å². The smallest absolute Gasteiger partial charge is 0.160 e. The number of hydrogen-bond donors (Lipinski definition) is 1. The number of rotatable bonds is 8. The SMILES string of the molecule is COc1ccc(CCN[C@H](C)Cn2cnc(C)c2C)cc1OC. The Morgan fingerprint density at radius 1 is 1.17 bits per heavy atom. The topological polar surface area (TPSA) is 48.3 Å². The first-order valence-corrected chi connectivity index (χ1v) is 7.97. The van der Waals surface area contributed by atoms with Crippen molar-refractivity contribution in [2.24, 2.45) is 0 Å². The molecule has 0 aliphatic heterocycles. The van der Waals surface area contributed by atoms with E-state index >= 15 is 0 Å². The van der Waals surface area contributed by atoms with Crippen LogP contribution in [0.1, 0.15) is 23.9 Å². The molecule has 1 atom stereocenters. The number of nitrogens with one attached hydrogen (secondary N) is 1. The van der Waals surface area contributed by atoms with Crippen LogP contribution in [0.4, 0.5) is 0 Å². The zero-order chi connectivity index (χ0) is 16.8.